The quantitative estimate of drug-likeness (QED) is 0.327. The number of thioether (sulfide) groups is 1. The molecule has 3 rings (SSSR count). The van der Waals surface area contributed by atoms with E-state index < -0.39 is 11.4 Å². The number of hydrogen-bond acceptors (Lipinski definition) is 9. The van der Waals surface area contributed by atoms with Gasteiger partial charge in [0.05, 0.1) is 25.5 Å². The highest BCUT2D eigenvalue weighted by atomic mass is 32.2. The van der Waals surface area contributed by atoms with Gasteiger partial charge in [0.2, 0.25) is 11.2 Å². The SMILES string of the molecule is COc1ccc(C(=O)Oc2coc(CSc3nccc(C)n3)cc2=O)cc1OC. The zero-order valence-electron chi connectivity index (χ0n) is 16.0. The van der Waals surface area contributed by atoms with Crippen LogP contribution in [0.25, 0.3) is 0 Å². The third-order valence-corrected chi connectivity index (χ3v) is 4.67. The molecule has 0 saturated carbocycles. The predicted octanol–water partition coefficient (Wildman–Crippen LogP) is 3.27. The lowest BCUT2D eigenvalue weighted by Gasteiger charge is -2.09. The number of esters is 1. The van der Waals surface area contributed by atoms with E-state index in [1.165, 1.54) is 44.2 Å². The average Bonchev–Trinajstić information content (AvgIpc) is 2.73. The third-order valence-electron chi connectivity index (χ3n) is 3.79. The number of ether oxygens (including phenoxy) is 3. The van der Waals surface area contributed by atoms with Gasteiger partial charge in [0.1, 0.15) is 12.0 Å². The van der Waals surface area contributed by atoms with Crippen molar-refractivity contribution in [3.8, 4) is 17.2 Å². The maximum atomic E-state index is 12.3. The molecule has 3 aromatic rings. The first-order chi connectivity index (χ1) is 14.0. The Morgan fingerprint density at radius 1 is 1.10 bits per heavy atom. The molecular weight excluding hydrogens is 396 g/mol. The molecular formula is C20H18N2O6S. The van der Waals surface area contributed by atoms with Crippen molar-refractivity contribution in [3.63, 3.8) is 0 Å². The summed E-state index contributed by atoms with van der Waals surface area (Å²) in [7, 11) is 2.95. The normalized spacial score (nSPS) is 10.4. The van der Waals surface area contributed by atoms with Crippen molar-refractivity contribution in [2.75, 3.05) is 14.2 Å². The van der Waals surface area contributed by atoms with Crippen LogP contribution >= 0.6 is 11.8 Å². The number of carbonyl (C=O) groups excluding carboxylic acids is 1. The molecule has 8 nitrogen and oxygen atoms in total. The van der Waals surface area contributed by atoms with Gasteiger partial charge in [0.25, 0.3) is 0 Å². The average molecular weight is 414 g/mol. The van der Waals surface area contributed by atoms with Gasteiger partial charge in [-0.15, -0.1) is 0 Å². The molecule has 0 unspecified atom stereocenters. The summed E-state index contributed by atoms with van der Waals surface area (Å²) >= 11 is 1.33. The fraction of sp³-hybridized carbons (Fsp3) is 0.200. The molecule has 9 heteroatoms. The molecule has 29 heavy (non-hydrogen) atoms. The maximum absolute atomic E-state index is 12.3. The molecule has 0 atom stereocenters. The summed E-state index contributed by atoms with van der Waals surface area (Å²) in [5.74, 6) is 0.709. The van der Waals surface area contributed by atoms with Crippen LogP contribution in [0.4, 0.5) is 0 Å². The number of aryl methyl sites for hydroxylation is 1. The first kappa shape index (κ1) is 20.4. The minimum atomic E-state index is -0.714. The topological polar surface area (TPSA) is 101 Å². The summed E-state index contributed by atoms with van der Waals surface area (Å²) in [6.07, 6.45) is 2.78. The van der Waals surface area contributed by atoms with Gasteiger partial charge in [0, 0.05) is 18.0 Å². The number of methoxy groups -OCH3 is 2. The molecule has 0 aliphatic rings. The Morgan fingerprint density at radius 2 is 1.90 bits per heavy atom. The van der Waals surface area contributed by atoms with Gasteiger partial charge in [-0.3, -0.25) is 4.79 Å². The summed E-state index contributed by atoms with van der Waals surface area (Å²) in [5.41, 5.74) is 0.588. The number of rotatable bonds is 7. The van der Waals surface area contributed by atoms with Gasteiger partial charge in [0.15, 0.2) is 16.7 Å². The van der Waals surface area contributed by atoms with Crippen molar-refractivity contribution in [3.05, 3.63) is 70.0 Å². The van der Waals surface area contributed by atoms with E-state index in [2.05, 4.69) is 9.97 Å². The van der Waals surface area contributed by atoms with Crippen LogP contribution < -0.4 is 19.6 Å². The molecule has 0 aliphatic heterocycles. The van der Waals surface area contributed by atoms with Crippen LogP contribution in [0.2, 0.25) is 0 Å². The number of benzene rings is 1. The van der Waals surface area contributed by atoms with Crippen LogP contribution in [0.1, 0.15) is 21.8 Å². The Bertz CT molecular complexity index is 1080. The lowest BCUT2D eigenvalue weighted by molar-refractivity contribution is 0.0728. The molecule has 0 fully saturated rings. The fourth-order valence-corrected chi connectivity index (χ4v) is 3.11. The second-order valence-electron chi connectivity index (χ2n) is 5.80. The lowest BCUT2D eigenvalue weighted by atomic mass is 10.2. The monoisotopic (exact) mass is 414 g/mol. The van der Waals surface area contributed by atoms with E-state index in [1.807, 2.05) is 6.92 Å². The summed E-state index contributed by atoms with van der Waals surface area (Å²) in [6, 6.07) is 7.63. The van der Waals surface area contributed by atoms with Crippen LogP contribution in [0.3, 0.4) is 0 Å². The van der Waals surface area contributed by atoms with E-state index in [-0.39, 0.29) is 11.3 Å². The summed E-state index contributed by atoms with van der Waals surface area (Å²) in [5, 5.41) is 0.580. The van der Waals surface area contributed by atoms with Gasteiger partial charge in [-0.1, -0.05) is 11.8 Å². The third kappa shape index (κ3) is 5.14. The van der Waals surface area contributed by atoms with Gasteiger partial charge >= 0.3 is 5.97 Å². The number of carbonyl (C=O) groups is 1. The van der Waals surface area contributed by atoms with E-state index >= 15 is 0 Å². The highest BCUT2D eigenvalue weighted by Crippen LogP contribution is 2.28. The van der Waals surface area contributed by atoms with Gasteiger partial charge in [-0.2, -0.15) is 0 Å². The molecule has 0 saturated heterocycles. The lowest BCUT2D eigenvalue weighted by Crippen LogP contribution is -2.15. The Kier molecular flexibility index (Phi) is 6.50. The highest BCUT2D eigenvalue weighted by molar-refractivity contribution is 7.98. The van der Waals surface area contributed by atoms with Crippen molar-refractivity contribution in [1.82, 2.24) is 9.97 Å². The Hall–Kier alpha value is -3.33. The van der Waals surface area contributed by atoms with Crippen LogP contribution in [0.5, 0.6) is 17.2 Å². The minimum Gasteiger partial charge on any atom is -0.493 e. The second-order valence-corrected chi connectivity index (χ2v) is 6.75. The standard InChI is InChI=1S/C20H18N2O6S/c1-12-6-7-21-20(22-12)29-11-14-9-15(23)18(10-27-14)28-19(24)13-4-5-16(25-2)17(8-13)26-3/h4-10H,11H2,1-3H3. The second kappa shape index (κ2) is 9.24. The van der Waals surface area contributed by atoms with Gasteiger partial charge < -0.3 is 18.6 Å². The Labute approximate surface area is 170 Å². The number of nitrogens with zero attached hydrogens (tertiary/aromatic N) is 2. The first-order valence-electron chi connectivity index (χ1n) is 8.48. The molecule has 150 valence electrons. The predicted molar refractivity (Wildman–Crippen MR) is 106 cm³/mol. The van der Waals surface area contributed by atoms with Crippen LogP contribution in [-0.4, -0.2) is 30.2 Å². The molecule has 0 amide bonds. The zero-order chi connectivity index (χ0) is 20.8. The molecule has 0 N–H and O–H groups in total. The van der Waals surface area contributed by atoms with E-state index in [0.717, 1.165) is 12.0 Å². The molecule has 0 aliphatic carbocycles. The van der Waals surface area contributed by atoms with Crippen molar-refractivity contribution in [2.45, 2.75) is 17.8 Å². The molecule has 0 radical (unpaired) electrons. The van der Waals surface area contributed by atoms with Crippen molar-refractivity contribution >= 4 is 17.7 Å². The highest BCUT2D eigenvalue weighted by Gasteiger charge is 2.15. The van der Waals surface area contributed by atoms with Crippen molar-refractivity contribution < 1.29 is 23.4 Å². The van der Waals surface area contributed by atoms with Crippen LogP contribution in [0, 0.1) is 6.92 Å². The zero-order valence-corrected chi connectivity index (χ0v) is 16.8. The fourth-order valence-electron chi connectivity index (χ4n) is 2.34. The van der Waals surface area contributed by atoms with E-state index in [0.29, 0.717) is 28.2 Å². The van der Waals surface area contributed by atoms with Gasteiger partial charge in [-0.25, -0.2) is 14.8 Å². The molecule has 2 heterocycles. The van der Waals surface area contributed by atoms with Gasteiger partial charge in [-0.05, 0) is 31.2 Å². The summed E-state index contributed by atoms with van der Waals surface area (Å²) < 4.78 is 20.9. The Balaban J connectivity index is 1.69. The number of hydrogen-bond donors (Lipinski definition) is 0. The van der Waals surface area contributed by atoms with Crippen LogP contribution in [-0.2, 0) is 5.75 Å². The molecule has 0 bridgehead atoms. The van der Waals surface area contributed by atoms with E-state index in [4.69, 9.17) is 18.6 Å². The molecule has 0 spiro atoms. The van der Waals surface area contributed by atoms with Crippen molar-refractivity contribution in [1.29, 1.82) is 0 Å². The van der Waals surface area contributed by atoms with Crippen LogP contribution in [0.15, 0.2) is 57.2 Å². The smallest absolute Gasteiger partial charge is 0.343 e. The van der Waals surface area contributed by atoms with E-state index in [1.54, 1.807) is 18.3 Å². The molecule has 1 aromatic carbocycles. The summed E-state index contributed by atoms with van der Waals surface area (Å²) in [6.45, 7) is 1.87. The minimum absolute atomic E-state index is 0.203. The molecule has 2 aromatic heterocycles. The van der Waals surface area contributed by atoms with E-state index in [9.17, 15) is 9.59 Å². The number of aromatic nitrogens is 2. The maximum Gasteiger partial charge on any atom is 0.343 e. The largest absolute Gasteiger partial charge is 0.493 e. The Morgan fingerprint density at radius 3 is 2.59 bits per heavy atom. The van der Waals surface area contributed by atoms with Crippen molar-refractivity contribution in [2.24, 2.45) is 0 Å². The summed E-state index contributed by atoms with van der Waals surface area (Å²) in [4.78, 5) is 33.0. The first-order valence-corrected chi connectivity index (χ1v) is 9.47.